The van der Waals surface area contributed by atoms with Crippen LogP contribution in [-0.4, -0.2) is 22.5 Å². The molecule has 4 heteroatoms. The summed E-state index contributed by atoms with van der Waals surface area (Å²) < 4.78 is 11.1. The van der Waals surface area contributed by atoms with E-state index in [1.165, 1.54) is 0 Å². The average molecular weight is 230 g/mol. The zero-order valence-electron chi connectivity index (χ0n) is 8.42. The molecule has 14 heavy (non-hydrogen) atoms. The van der Waals surface area contributed by atoms with E-state index in [4.69, 9.17) is 20.5 Å². The zero-order valence-corrected chi connectivity index (χ0v) is 10.2. The van der Waals surface area contributed by atoms with Gasteiger partial charge in [0.2, 0.25) is 0 Å². The number of benzene rings is 1. The minimum Gasteiger partial charge on any atom is -0.390 e. The van der Waals surface area contributed by atoms with E-state index in [9.17, 15) is 0 Å². The molecule has 0 aliphatic heterocycles. The minimum absolute atomic E-state index is 0.652. The molecule has 0 saturated carbocycles. The first-order valence-corrected chi connectivity index (χ1v) is 6.36. The van der Waals surface area contributed by atoms with Crippen LogP contribution >= 0.6 is 11.6 Å². The first-order valence-electron chi connectivity index (χ1n) is 4.67. The van der Waals surface area contributed by atoms with Crippen LogP contribution in [0.25, 0.3) is 0 Å². The van der Waals surface area contributed by atoms with Gasteiger partial charge in [-0.15, -0.1) is 0 Å². The number of halogens is 1. The molecule has 1 rings (SSSR count). The van der Waals surface area contributed by atoms with E-state index >= 15 is 0 Å². The highest BCUT2D eigenvalue weighted by Gasteiger charge is 2.20. The molecule has 0 bridgehead atoms. The molecule has 1 radical (unpaired) electrons. The van der Waals surface area contributed by atoms with Crippen LogP contribution in [0.3, 0.4) is 0 Å². The van der Waals surface area contributed by atoms with Gasteiger partial charge in [-0.25, -0.2) is 0 Å². The van der Waals surface area contributed by atoms with E-state index in [0.29, 0.717) is 13.2 Å². The fourth-order valence-corrected chi connectivity index (χ4v) is 2.88. The third kappa shape index (κ3) is 3.10. The predicted molar refractivity (Wildman–Crippen MR) is 60.1 cm³/mol. The molecular weight excluding hydrogens is 216 g/mol. The highest BCUT2D eigenvalue weighted by Crippen LogP contribution is 2.06. The molecule has 0 fully saturated rings. The van der Waals surface area contributed by atoms with Gasteiger partial charge in [0.25, 0.3) is 0 Å². The SMILES string of the molecule is CCO[Si](OCC)c1ccccc1Cl. The summed E-state index contributed by atoms with van der Waals surface area (Å²) in [6.45, 7) is 5.22. The van der Waals surface area contributed by atoms with E-state index in [1.807, 2.05) is 38.1 Å². The molecule has 1 aromatic rings. The van der Waals surface area contributed by atoms with E-state index in [-0.39, 0.29) is 0 Å². The Kier molecular flexibility index (Phi) is 5.18. The quantitative estimate of drug-likeness (QED) is 0.721. The Morgan fingerprint density at radius 1 is 1.14 bits per heavy atom. The van der Waals surface area contributed by atoms with Crippen LogP contribution in [0.15, 0.2) is 24.3 Å². The lowest BCUT2D eigenvalue weighted by Crippen LogP contribution is -2.37. The van der Waals surface area contributed by atoms with Gasteiger partial charge in [0.1, 0.15) is 0 Å². The summed E-state index contributed by atoms with van der Waals surface area (Å²) in [7, 11) is -1.39. The standard InChI is InChI=1S/C10H14ClO2Si/c1-3-12-14(13-4-2)10-8-6-5-7-9(10)11/h5-8H,3-4H2,1-2H3. The molecule has 0 unspecified atom stereocenters. The van der Waals surface area contributed by atoms with Crippen molar-refractivity contribution in [3.8, 4) is 0 Å². The van der Waals surface area contributed by atoms with Crippen LogP contribution in [0.5, 0.6) is 0 Å². The Labute approximate surface area is 91.6 Å². The zero-order chi connectivity index (χ0) is 10.4. The van der Waals surface area contributed by atoms with Crippen molar-refractivity contribution in [2.24, 2.45) is 0 Å². The smallest absolute Gasteiger partial charge is 0.390 e. The van der Waals surface area contributed by atoms with Crippen LogP contribution in [0.4, 0.5) is 0 Å². The lowest BCUT2D eigenvalue weighted by atomic mass is 10.4. The Bertz CT molecular complexity index is 275. The summed E-state index contributed by atoms with van der Waals surface area (Å²) in [5.74, 6) is 0. The Morgan fingerprint density at radius 2 is 1.71 bits per heavy atom. The molecule has 0 aliphatic rings. The minimum atomic E-state index is -1.39. The van der Waals surface area contributed by atoms with Gasteiger partial charge in [-0.05, 0) is 19.9 Å². The maximum Gasteiger partial charge on any atom is 0.425 e. The van der Waals surface area contributed by atoms with Crippen molar-refractivity contribution in [1.29, 1.82) is 0 Å². The second kappa shape index (κ2) is 6.19. The fraction of sp³-hybridized carbons (Fsp3) is 0.400. The molecule has 0 spiro atoms. The molecular formula is C10H14ClO2Si. The van der Waals surface area contributed by atoms with Gasteiger partial charge in [0.15, 0.2) is 0 Å². The van der Waals surface area contributed by atoms with Gasteiger partial charge < -0.3 is 8.85 Å². The number of hydrogen-bond acceptors (Lipinski definition) is 2. The monoisotopic (exact) mass is 229 g/mol. The summed E-state index contributed by atoms with van der Waals surface area (Å²) >= 11 is 6.06. The van der Waals surface area contributed by atoms with Gasteiger partial charge in [-0.3, -0.25) is 0 Å². The van der Waals surface area contributed by atoms with Crippen LogP contribution < -0.4 is 5.19 Å². The van der Waals surface area contributed by atoms with Gasteiger partial charge in [-0.1, -0.05) is 29.8 Å². The summed E-state index contributed by atoms with van der Waals surface area (Å²) in [5, 5.41) is 1.71. The fourth-order valence-electron chi connectivity index (χ4n) is 1.09. The third-order valence-corrected chi connectivity index (χ3v) is 4.11. The first kappa shape index (κ1) is 11.7. The average Bonchev–Trinajstić information content (AvgIpc) is 2.18. The molecule has 0 amide bonds. The largest absolute Gasteiger partial charge is 0.425 e. The predicted octanol–water partition coefficient (Wildman–Crippen LogP) is 2.11. The van der Waals surface area contributed by atoms with E-state index in [2.05, 4.69) is 0 Å². The van der Waals surface area contributed by atoms with Crippen molar-refractivity contribution in [2.45, 2.75) is 13.8 Å². The maximum atomic E-state index is 6.06. The van der Waals surface area contributed by atoms with Crippen LogP contribution in [0, 0.1) is 0 Å². The molecule has 1 aromatic carbocycles. The Balaban J connectivity index is 2.81. The number of hydrogen-bond donors (Lipinski definition) is 0. The van der Waals surface area contributed by atoms with E-state index in [1.54, 1.807) is 0 Å². The molecule has 2 nitrogen and oxygen atoms in total. The van der Waals surface area contributed by atoms with Gasteiger partial charge in [0, 0.05) is 23.4 Å². The Morgan fingerprint density at radius 3 is 2.21 bits per heavy atom. The lowest BCUT2D eigenvalue weighted by molar-refractivity contribution is 0.225. The summed E-state index contributed by atoms with van der Waals surface area (Å²) in [4.78, 5) is 0. The van der Waals surface area contributed by atoms with Gasteiger partial charge >= 0.3 is 9.28 Å². The molecule has 0 saturated heterocycles. The summed E-state index contributed by atoms with van der Waals surface area (Å²) in [6, 6.07) is 7.68. The van der Waals surface area contributed by atoms with Crippen molar-refractivity contribution in [2.75, 3.05) is 13.2 Å². The molecule has 0 heterocycles. The van der Waals surface area contributed by atoms with Crippen LogP contribution in [0.2, 0.25) is 5.02 Å². The summed E-state index contributed by atoms with van der Waals surface area (Å²) in [6.07, 6.45) is 0. The highest BCUT2D eigenvalue weighted by atomic mass is 35.5. The van der Waals surface area contributed by atoms with Crippen LogP contribution in [0.1, 0.15) is 13.8 Å². The van der Waals surface area contributed by atoms with Crippen molar-refractivity contribution >= 4 is 26.1 Å². The normalized spacial score (nSPS) is 10.9. The highest BCUT2D eigenvalue weighted by molar-refractivity contribution is 6.65. The van der Waals surface area contributed by atoms with E-state index < -0.39 is 9.28 Å². The van der Waals surface area contributed by atoms with Crippen molar-refractivity contribution < 1.29 is 8.85 Å². The molecule has 0 N–H and O–H groups in total. The number of rotatable bonds is 5. The summed E-state index contributed by atoms with van der Waals surface area (Å²) in [5.41, 5.74) is 0. The van der Waals surface area contributed by atoms with Crippen LogP contribution in [-0.2, 0) is 8.85 Å². The van der Waals surface area contributed by atoms with Gasteiger partial charge in [-0.2, -0.15) is 0 Å². The third-order valence-electron chi connectivity index (χ3n) is 1.64. The lowest BCUT2D eigenvalue weighted by Gasteiger charge is -2.14. The molecule has 0 atom stereocenters. The van der Waals surface area contributed by atoms with E-state index in [0.717, 1.165) is 10.2 Å². The van der Waals surface area contributed by atoms with Crippen molar-refractivity contribution in [3.05, 3.63) is 29.3 Å². The molecule has 0 aromatic heterocycles. The topological polar surface area (TPSA) is 18.5 Å². The molecule has 0 aliphatic carbocycles. The Hall–Kier alpha value is -0.353. The van der Waals surface area contributed by atoms with Crippen molar-refractivity contribution in [1.82, 2.24) is 0 Å². The second-order valence-corrected chi connectivity index (χ2v) is 4.73. The van der Waals surface area contributed by atoms with Crippen molar-refractivity contribution in [3.63, 3.8) is 0 Å². The second-order valence-electron chi connectivity index (χ2n) is 2.63. The van der Waals surface area contributed by atoms with Gasteiger partial charge in [0.05, 0.1) is 0 Å². The molecule has 77 valence electrons. The first-order chi connectivity index (χ1) is 6.79. The maximum absolute atomic E-state index is 6.06.